The summed E-state index contributed by atoms with van der Waals surface area (Å²) in [5.41, 5.74) is 0.628. The van der Waals surface area contributed by atoms with Crippen molar-refractivity contribution in [2.75, 3.05) is 39.4 Å². The number of carbonyl (C=O) groups excluding carboxylic acids is 3. The lowest BCUT2D eigenvalue weighted by molar-refractivity contribution is -0.144. The fourth-order valence-corrected chi connectivity index (χ4v) is 5.47. The fourth-order valence-electron chi connectivity index (χ4n) is 4.33. The summed E-state index contributed by atoms with van der Waals surface area (Å²) in [6.45, 7) is 2.36. The lowest BCUT2D eigenvalue weighted by Gasteiger charge is -2.44. The summed E-state index contributed by atoms with van der Waals surface area (Å²) in [6, 6.07) is 1.92. The Balaban J connectivity index is 1.46. The Hall–Kier alpha value is -1.97. The molecule has 2 saturated heterocycles. The molecule has 28 heavy (non-hydrogen) atoms. The van der Waals surface area contributed by atoms with Gasteiger partial charge in [0.1, 0.15) is 0 Å². The van der Waals surface area contributed by atoms with Crippen LogP contribution in [0.1, 0.15) is 39.4 Å². The van der Waals surface area contributed by atoms with Gasteiger partial charge in [0.15, 0.2) is 0 Å². The first-order chi connectivity index (χ1) is 13.5. The molecule has 152 valence electrons. The topological polar surface area (TPSA) is 108 Å². The zero-order valence-corrected chi connectivity index (χ0v) is 16.5. The molecule has 8 nitrogen and oxygen atoms in total. The Morgan fingerprint density at radius 1 is 1.39 bits per heavy atom. The second-order valence-corrected chi connectivity index (χ2v) is 8.69. The molecule has 1 unspecified atom stereocenters. The molecule has 0 aromatic carbocycles. The van der Waals surface area contributed by atoms with Crippen molar-refractivity contribution in [1.29, 1.82) is 0 Å². The summed E-state index contributed by atoms with van der Waals surface area (Å²) in [4.78, 5) is 40.0. The number of rotatable bonds is 4. The molecule has 9 heteroatoms. The summed E-state index contributed by atoms with van der Waals surface area (Å²) in [5, 5.41) is 14.3. The van der Waals surface area contributed by atoms with Crippen LogP contribution in [-0.4, -0.2) is 67.1 Å². The zero-order valence-electron chi connectivity index (χ0n) is 15.7. The van der Waals surface area contributed by atoms with E-state index in [0.717, 1.165) is 12.0 Å². The van der Waals surface area contributed by atoms with E-state index in [-0.39, 0.29) is 43.2 Å². The van der Waals surface area contributed by atoms with Crippen molar-refractivity contribution in [3.8, 4) is 0 Å². The monoisotopic (exact) mass is 407 g/mol. The van der Waals surface area contributed by atoms with E-state index in [2.05, 4.69) is 10.6 Å². The van der Waals surface area contributed by atoms with Gasteiger partial charge < -0.3 is 25.4 Å². The van der Waals surface area contributed by atoms with E-state index >= 15 is 0 Å². The molecule has 3 amide bonds. The number of nitrogens with zero attached hydrogens (tertiary/aromatic N) is 1. The first-order valence-corrected chi connectivity index (χ1v) is 10.6. The smallest absolute Gasteiger partial charge is 0.261 e. The van der Waals surface area contributed by atoms with Crippen LogP contribution in [0, 0.1) is 5.92 Å². The van der Waals surface area contributed by atoms with Gasteiger partial charge in [-0.15, -0.1) is 11.3 Å². The van der Waals surface area contributed by atoms with Crippen LogP contribution >= 0.6 is 11.3 Å². The molecule has 1 aromatic rings. The van der Waals surface area contributed by atoms with Gasteiger partial charge in [-0.3, -0.25) is 14.4 Å². The molecule has 3 aliphatic heterocycles. The Bertz CT molecular complexity index is 785. The average molecular weight is 407 g/mol. The number of amides is 3. The number of piperidine rings is 1. The first kappa shape index (κ1) is 19.4. The average Bonchev–Trinajstić information content (AvgIpc) is 3.34. The van der Waals surface area contributed by atoms with Crippen LogP contribution in [0.25, 0.3) is 0 Å². The van der Waals surface area contributed by atoms with E-state index in [1.54, 1.807) is 0 Å². The maximum atomic E-state index is 12.7. The summed E-state index contributed by atoms with van der Waals surface area (Å²) in [5.74, 6) is -0.446. The number of fused-ring (bicyclic) bond motifs is 2. The summed E-state index contributed by atoms with van der Waals surface area (Å²) < 4.78 is 6.21. The third-order valence-corrected chi connectivity index (χ3v) is 7.03. The number of thiophene rings is 1. The van der Waals surface area contributed by atoms with Crippen LogP contribution in [0.5, 0.6) is 0 Å². The molecule has 4 heterocycles. The number of ether oxygens (including phenoxy) is 1. The van der Waals surface area contributed by atoms with Crippen molar-refractivity contribution in [3.05, 3.63) is 21.4 Å². The number of aliphatic hydroxyl groups is 1. The minimum atomic E-state index is -0.444. The predicted octanol–water partition coefficient (Wildman–Crippen LogP) is -0.00330. The SMILES string of the molecule is O=C1CC(C(=O)N2CCC3(CC2)OCCc2sc(C(=O)NCCO)cc23)CN1. The number of aliphatic hydroxyl groups excluding tert-OH is 1. The largest absolute Gasteiger partial charge is 0.395 e. The van der Waals surface area contributed by atoms with Gasteiger partial charge in [0, 0.05) is 43.9 Å². The zero-order chi connectivity index (χ0) is 19.7. The molecule has 1 atom stereocenters. The summed E-state index contributed by atoms with van der Waals surface area (Å²) in [6.07, 6.45) is 2.44. The number of carbonyl (C=O) groups is 3. The third-order valence-electron chi connectivity index (χ3n) is 5.84. The van der Waals surface area contributed by atoms with Crippen molar-refractivity contribution < 1.29 is 24.2 Å². The Morgan fingerprint density at radius 3 is 2.86 bits per heavy atom. The summed E-state index contributed by atoms with van der Waals surface area (Å²) in [7, 11) is 0. The highest BCUT2D eigenvalue weighted by Crippen LogP contribution is 2.44. The molecule has 0 aliphatic carbocycles. The van der Waals surface area contributed by atoms with E-state index in [0.29, 0.717) is 44.0 Å². The molecule has 0 radical (unpaired) electrons. The minimum Gasteiger partial charge on any atom is -0.395 e. The Kier molecular flexibility index (Phi) is 5.39. The number of hydrogen-bond acceptors (Lipinski definition) is 6. The van der Waals surface area contributed by atoms with Gasteiger partial charge in [0.2, 0.25) is 11.8 Å². The van der Waals surface area contributed by atoms with Crippen LogP contribution in [0.4, 0.5) is 0 Å². The van der Waals surface area contributed by atoms with Gasteiger partial charge in [-0.2, -0.15) is 0 Å². The standard InChI is InChI=1S/C19H25N3O5S/c23-7-4-20-17(25)15-10-13-14(28-15)1-8-27-19(13)2-5-22(6-3-19)18(26)12-9-16(24)21-11-12/h10,12,23H,1-9,11H2,(H,20,25)(H,21,24). The van der Waals surface area contributed by atoms with Crippen molar-refractivity contribution in [3.63, 3.8) is 0 Å². The molecule has 0 bridgehead atoms. The van der Waals surface area contributed by atoms with Gasteiger partial charge >= 0.3 is 0 Å². The number of hydrogen-bond donors (Lipinski definition) is 3. The molecular weight excluding hydrogens is 382 g/mol. The van der Waals surface area contributed by atoms with E-state index in [1.807, 2.05) is 11.0 Å². The quantitative estimate of drug-likeness (QED) is 0.651. The predicted molar refractivity (Wildman–Crippen MR) is 102 cm³/mol. The van der Waals surface area contributed by atoms with Crippen LogP contribution in [-0.2, 0) is 26.3 Å². The molecule has 0 saturated carbocycles. The van der Waals surface area contributed by atoms with Gasteiger partial charge in [0.05, 0.1) is 29.6 Å². The maximum Gasteiger partial charge on any atom is 0.261 e. The molecule has 2 fully saturated rings. The second-order valence-electron chi connectivity index (χ2n) is 7.55. The van der Waals surface area contributed by atoms with Crippen LogP contribution in [0.3, 0.4) is 0 Å². The lowest BCUT2D eigenvalue weighted by atomic mass is 9.82. The molecular formula is C19H25N3O5S. The highest BCUT2D eigenvalue weighted by Gasteiger charge is 2.44. The van der Waals surface area contributed by atoms with Crippen molar-refractivity contribution >= 4 is 29.1 Å². The molecule has 1 aromatic heterocycles. The van der Waals surface area contributed by atoms with Crippen molar-refractivity contribution in [2.45, 2.75) is 31.3 Å². The van der Waals surface area contributed by atoms with Crippen LogP contribution < -0.4 is 10.6 Å². The van der Waals surface area contributed by atoms with Crippen LogP contribution in [0.15, 0.2) is 6.07 Å². The van der Waals surface area contributed by atoms with Crippen molar-refractivity contribution in [1.82, 2.24) is 15.5 Å². The van der Waals surface area contributed by atoms with Crippen LogP contribution in [0.2, 0.25) is 0 Å². The van der Waals surface area contributed by atoms with Gasteiger partial charge in [-0.05, 0) is 24.5 Å². The highest BCUT2D eigenvalue weighted by atomic mass is 32.1. The third kappa shape index (κ3) is 3.54. The molecule has 1 spiro atoms. The lowest BCUT2D eigenvalue weighted by Crippen LogP contribution is -2.49. The van der Waals surface area contributed by atoms with E-state index in [1.165, 1.54) is 16.2 Å². The van der Waals surface area contributed by atoms with Crippen molar-refractivity contribution in [2.24, 2.45) is 5.92 Å². The second kappa shape index (κ2) is 7.81. The van der Waals surface area contributed by atoms with Gasteiger partial charge in [-0.1, -0.05) is 0 Å². The maximum absolute atomic E-state index is 12.7. The normalized spacial score (nSPS) is 23.4. The number of nitrogens with one attached hydrogen (secondary N) is 2. The Morgan fingerprint density at radius 2 is 2.18 bits per heavy atom. The highest BCUT2D eigenvalue weighted by molar-refractivity contribution is 7.14. The van der Waals surface area contributed by atoms with E-state index in [9.17, 15) is 14.4 Å². The fraction of sp³-hybridized carbons (Fsp3) is 0.632. The van der Waals surface area contributed by atoms with Gasteiger partial charge in [0.25, 0.3) is 5.91 Å². The Labute approximate surface area is 167 Å². The number of likely N-dealkylation sites (tertiary alicyclic amines) is 1. The van der Waals surface area contributed by atoms with E-state index < -0.39 is 5.60 Å². The summed E-state index contributed by atoms with van der Waals surface area (Å²) >= 11 is 1.49. The first-order valence-electron chi connectivity index (χ1n) is 9.74. The molecule has 4 rings (SSSR count). The van der Waals surface area contributed by atoms with Gasteiger partial charge in [-0.25, -0.2) is 0 Å². The minimum absolute atomic E-state index is 0.0404. The molecule has 3 N–H and O–H groups in total. The van der Waals surface area contributed by atoms with E-state index in [4.69, 9.17) is 9.84 Å². The molecule has 3 aliphatic rings.